The number of nitrogens with zero attached hydrogens (tertiary/aromatic N) is 2. The smallest absolute Gasteiger partial charge is 0.161 e. The Bertz CT molecular complexity index is 958. The third kappa shape index (κ3) is 3.77. The lowest BCUT2D eigenvalue weighted by Crippen LogP contribution is -2.07. The van der Waals surface area contributed by atoms with E-state index >= 15 is 0 Å². The van der Waals surface area contributed by atoms with Gasteiger partial charge in [0.2, 0.25) is 0 Å². The van der Waals surface area contributed by atoms with Gasteiger partial charge in [0.05, 0.1) is 27.0 Å². The summed E-state index contributed by atoms with van der Waals surface area (Å²) in [5, 5.41) is 5.68. The summed E-state index contributed by atoms with van der Waals surface area (Å²) in [6.45, 7) is 7.17. The molecule has 1 N–H and O–H groups in total. The van der Waals surface area contributed by atoms with E-state index in [1.165, 1.54) is 16.6 Å². The molecule has 0 fully saturated rings. The van der Waals surface area contributed by atoms with Gasteiger partial charge in [0.15, 0.2) is 11.5 Å². The van der Waals surface area contributed by atoms with Crippen molar-refractivity contribution in [2.75, 3.05) is 14.2 Å². The standard InChI is InChI=1S/C22H27N3O2/c1-15(2)25-16(3)19(18-8-6-7-9-20(18)25)14-24-23-13-17-10-11-21(26-4)22(12-17)27-5/h6-12,14-15,23H,13H2,1-5H3/b24-14+. The lowest BCUT2D eigenvalue weighted by atomic mass is 10.1. The third-order valence-corrected chi connectivity index (χ3v) is 4.74. The van der Waals surface area contributed by atoms with Crippen LogP contribution < -0.4 is 14.9 Å². The van der Waals surface area contributed by atoms with Crippen LogP contribution in [0.25, 0.3) is 10.9 Å². The number of hydrogen-bond donors (Lipinski definition) is 1. The van der Waals surface area contributed by atoms with Crippen LogP contribution >= 0.6 is 0 Å². The Morgan fingerprint density at radius 1 is 1.07 bits per heavy atom. The fourth-order valence-electron chi connectivity index (χ4n) is 3.48. The molecule has 0 bridgehead atoms. The van der Waals surface area contributed by atoms with Crippen molar-refractivity contribution in [2.45, 2.75) is 33.4 Å². The maximum Gasteiger partial charge on any atom is 0.161 e. The number of para-hydroxylation sites is 1. The number of hydrogen-bond acceptors (Lipinski definition) is 4. The first-order chi connectivity index (χ1) is 13.1. The van der Waals surface area contributed by atoms with Gasteiger partial charge in [-0.25, -0.2) is 0 Å². The second-order valence-electron chi connectivity index (χ2n) is 6.76. The first-order valence-corrected chi connectivity index (χ1v) is 9.13. The fourth-order valence-corrected chi connectivity index (χ4v) is 3.48. The Morgan fingerprint density at radius 2 is 1.81 bits per heavy atom. The molecule has 142 valence electrons. The first kappa shape index (κ1) is 18.8. The van der Waals surface area contributed by atoms with Crippen molar-refractivity contribution in [3.8, 4) is 11.5 Å². The highest BCUT2D eigenvalue weighted by atomic mass is 16.5. The zero-order valence-electron chi connectivity index (χ0n) is 16.6. The highest BCUT2D eigenvalue weighted by Crippen LogP contribution is 2.28. The van der Waals surface area contributed by atoms with Crippen LogP contribution in [-0.2, 0) is 6.54 Å². The van der Waals surface area contributed by atoms with E-state index in [2.05, 4.69) is 60.1 Å². The summed E-state index contributed by atoms with van der Waals surface area (Å²) in [5.41, 5.74) is 7.83. The Hall–Kier alpha value is -2.95. The molecule has 1 aromatic heterocycles. The van der Waals surface area contributed by atoms with Crippen molar-refractivity contribution in [3.63, 3.8) is 0 Å². The fraction of sp³-hybridized carbons (Fsp3) is 0.318. The molecule has 0 amide bonds. The molecule has 3 rings (SSSR count). The normalized spacial score (nSPS) is 11.5. The topological polar surface area (TPSA) is 47.8 Å². The largest absolute Gasteiger partial charge is 0.493 e. The van der Waals surface area contributed by atoms with E-state index in [1.54, 1.807) is 14.2 Å². The number of rotatable bonds is 7. The highest BCUT2D eigenvalue weighted by Gasteiger charge is 2.14. The summed E-state index contributed by atoms with van der Waals surface area (Å²) >= 11 is 0. The second kappa shape index (κ2) is 8.16. The van der Waals surface area contributed by atoms with Crippen LogP contribution in [0.2, 0.25) is 0 Å². The van der Waals surface area contributed by atoms with Crippen LogP contribution in [-0.4, -0.2) is 25.0 Å². The predicted octanol–water partition coefficient (Wildman–Crippen LogP) is 4.67. The molecule has 0 saturated carbocycles. The van der Waals surface area contributed by atoms with Crippen molar-refractivity contribution in [1.29, 1.82) is 0 Å². The summed E-state index contributed by atoms with van der Waals surface area (Å²) in [7, 11) is 3.27. The molecule has 27 heavy (non-hydrogen) atoms. The maximum atomic E-state index is 5.35. The van der Waals surface area contributed by atoms with Crippen molar-refractivity contribution >= 4 is 17.1 Å². The third-order valence-electron chi connectivity index (χ3n) is 4.74. The van der Waals surface area contributed by atoms with Gasteiger partial charge in [0.1, 0.15) is 0 Å². The van der Waals surface area contributed by atoms with Gasteiger partial charge >= 0.3 is 0 Å². The van der Waals surface area contributed by atoms with Crippen LogP contribution in [0.5, 0.6) is 11.5 Å². The van der Waals surface area contributed by atoms with E-state index in [1.807, 2.05) is 24.4 Å². The van der Waals surface area contributed by atoms with Gasteiger partial charge in [0.25, 0.3) is 0 Å². The molecule has 0 radical (unpaired) electrons. The predicted molar refractivity (Wildman–Crippen MR) is 111 cm³/mol. The van der Waals surface area contributed by atoms with Crippen LogP contribution in [0.3, 0.4) is 0 Å². The lowest BCUT2D eigenvalue weighted by Gasteiger charge is -2.12. The first-order valence-electron chi connectivity index (χ1n) is 9.13. The zero-order valence-corrected chi connectivity index (χ0v) is 16.6. The summed E-state index contributed by atoms with van der Waals surface area (Å²) in [6.07, 6.45) is 1.91. The quantitative estimate of drug-likeness (QED) is 0.489. The number of benzene rings is 2. The summed E-state index contributed by atoms with van der Waals surface area (Å²) < 4.78 is 13.0. The Morgan fingerprint density at radius 3 is 2.52 bits per heavy atom. The van der Waals surface area contributed by atoms with Gasteiger partial charge < -0.3 is 19.5 Å². The van der Waals surface area contributed by atoms with Gasteiger partial charge in [-0.15, -0.1) is 0 Å². The molecule has 0 aliphatic carbocycles. The molecule has 0 aliphatic rings. The van der Waals surface area contributed by atoms with E-state index in [9.17, 15) is 0 Å². The molecule has 2 aromatic carbocycles. The molecule has 0 spiro atoms. The molecule has 0 aliphatic heterocycles. The zero-order chi connectivity index (χ0) is 19.4. The number of ether oxygens (including phenoxy) is 2. The van der Waals surface area contributed by atoms with E-state index in [0.29, 0.717) is 12.6 Å². The van der Waals surface area contributed by atoms with Crippen LogP contribution in [0.4, 0.5) is 0 Å². The average molecular weight is 365 g/mol. The Kier molecular flexibility index (Phi) is 5.69. The van der Waals surface area contributed by atoms with Gasteiger partial charge in [-0.05, 0) is 44.5 Å². The van der Waals surface area contributed by atoms with Gasteiger partial charge in [-0.2, -0.15) is 5.10 Å². The van der Waals surface area contributed by atoms with Crippen molar-refractivity contribution in [3.05, 3.63) is 59.3 Å². The molecule has 0 atom stereocenters. The molecule has 5 nitrogen and oxygen atoms in total. The van der Waals surface area contributed by atoms with E-state index < -0.39 is 0 Å². The molecular formula is C22H27N3O2. The van der Waals surface area contributed by atoms with Gasteiger partial charge in [-0.1, -0.05) is 24.3 Å². The van der Waals surface area contributed by atoms with Gasteiger partial charge in [0, 0.05) is 28.2 Å². The molecule has 3 aromatic rings. The molecular weight excluding hydrogens is 338 g/mol. The van der Waals surface area contributed by atoms with Crippen molar-refractivity contribution < 1.29 is 9.47 Å². The summed E-state index contributed by atoms with van der Waals surface area (Å²) in [6, 6.07) is 14.7. The second-order valence-corrected chi connectivity index (χ2v) is 6.76. The number of hydrazone groups is 1. The number of nitrogens with one attached hydrogen (secondary N) is 1. The van der Waals surface area contributed by atoms with Gasteiger partial charge in [-0.3, -0.25) is 0 Å². The SMILES string of the molecule is COc1ccc(CN/N=C/c2c(C)n(C(C)C)c3ccccc23)cc1OC. The molecule has 0 saturated heterocycles. The minimum atomic E-state index is 0.400. The number of methoxy groups -OCH3 is 2. The number of fused-ring (bicyclic) bond motifs is 1. The number of aromatic nitrogens is 1. The van der Waals surface area contributed by atoms with Crippen molar-refractivity contribution in [2.24, 2.45) is 5.10 Å². The highest BCUT2D eigenvalue weighted by molar-refractivity contribution is 6.01. The Balaban J connectivity index is 1.79. The van der Waals surface area contributed by atoms with Crippen LogP contribution in [0.1, 0.15) is 36.7 Å². The molecule has 1 heterocycles. The van der Waals surface area contributed by atoms with E-state index in [4.69, 9.17) is 9.47 Å². The Labute approximate surface area is 160 Å². The molecule has 0 unspecified atom stereocenters. The monoisotopic (exact) mass is 365 g/mol. The average Bonchev–Trinajstić information content (AvgIpc) is 2.96. The molecule has 5 heteroatoms. The lowest BCUT2D eigenvalue weighted by molar-refractivity contribution is 0.354. The summed E-state index contributed by atoms with van der Waals surface area (Å²) in [5.74, 6) is 1.44. The van der Waals surface area contributed by atoms with Crippen LogP contribution in [0.15, 0.2) is 47.6 Å². The van der Waals surface area contributed by atoms with E-state index in [-0.39, 0.29) is 0 Å². The van der Waals surface area contributed by atoms with Crippen molar-refractivity contribution in [1.82, 2.24) is 9.99 Å². The summed E-state index contributed by atoms with van der Waals surface area (Å²) in [4.78, 5) is 0. The minimum absolute atomic E-state index is 0.400. The maximum absolute atomic E-state index is 5.35. The van der Waals surface area contributed by atoms with Crippen LogP contribution in [0, 0.1) is 6.92 Å². The van der Waals surface area contributed by atoms with E-state index in [0.717, 1.165) is 22.6 Å². The minimum Gasteiger partial charge on any atom is -0.493 e.